The third-order valence-electron chi connectivity index (χ3n) is 6.88. The molecule has 0 radical (unpaired) electrons. The van der Waals surface area contributed by atoms with Crippen molar-refractivity contribution in [3.05, 3.63) is 65.5 Å². The molecule has 9 heteroatoms. The van der Waals surface area contributed by atoms with Crippen molar-refractivity contribution in [2.45, 2.75) is 32.6 Å². The minimum atomic E-state index is -0.0887. The highest BCUT2D eigenvalue weighted by molar-refractivity contribution is 6.31. The Morgan fingerprint density at radius 2 is 1.89 bits per heavy atom. The Labute approximate surface area is 217 Å². The molecule has 0 bridgehead atoms. The maximum absolute atomic E-state index is 12.8. The number of nitriles is 1. The number of hydrogen-bond donors (Lipinski definition) is 1. The standard InChI is InChI=1S/C28H29BN6O2/c1-17(2)23-11-19(13-30)12-24-25(23)37-27(34-24)21-5-3-20(4-6-21)26(36)31-14-18-7-9-35(10-8-18)28-32-15-22(29)16-33-28/h3-6,11-12,15-18H,7-10,14,29H2,1-2H3,(H,31,36). The fourth-order valence-electron chi connectivity index (χ4n) is 4.66. The van der Waals surface area contributed by atoms with E-state index in [0.29, 0.717) is 40.6 Å². The number of nitrogens with zero attached hydrogens (tertiary/aromatic N) is 5. The van der Waals surface area contributed by atoms with Crippen LogP contribution < -0.4 is 15.7 Å². The number of anilines is 1. The molecule has 186 valence electrons. The van der Waals surface area contributed by atoms with Crippen LogP contribution in [-0.4, -0.2) is 48.3 Å². The molecule has 1 aliphatic heterocycles. The van der Waals surface area contributed by atoms with Crippen molar-refractivity contribution in [2.75, 3.05) is 24.5 Å². The first-order valence-corrected chi connectivity index (χ1v) is 12.7. The van der Waals surface area contributed by atoms with Gasteiger partial charge in [-0.2, -0.15) is 5.26 Å². The topological polar surface area (TPSA) is 108 Å². The second-order valence-corrected chi connectivity index (χ2v) is 9.98. The molecule has 0 aliphatic carbocycles. The van der Waals surface area contributed by atoms with Crippen molar-refractivity contribution in [3.63, 3.8) is 0 Å². The van der Waals surface area contributed by atoms with Crippen LogP contribution in [-0.2, 0) is 0 Å². The molecule has 3 heterocycles. The molecule has 1 N–H and O–H groups in total. The predicted octanol–water partition coefficient (Wildman–Crippen LogP) is 3.18. The van der Waals surface area contributed by atoms with Crippen LogP contribution in [0.15, 0.2) is 53.2 Å². The summed E-state index contributed by atoms with van der Waals surface area (Å²) in [5.41, 5.74) is 5.33. The first kappa shape index (κ1) is 24.5. The Hall–Kier alpha value is -4.19. The first-order chi connectivity index (χ1) is 17.9. The van der Waals surface area contributed by atoms with E-state index in [4.69, 9.17) is 4.42 Å². The normalized spacial score (nSPS) is 14.2. The Kier molecular flexibility index (Phi) is 6.91. The van der Waals surface area contributed by atoms with Crippen LogP contribution in [0.25, 0.3) is 22.6 Å². The Morgan fingerprint density at radius 3 is 2.54 bits per heavy atom. The molecule has 8 nitrogen and oxygen atoms in total. The van der Waals surface area contributed by atoms with E-state index in [1.165, 1.54) is 0 Å². The van der Waals surface area contributed by atoms with Crippen LogP contribution in [0.3, 0.4) is 0 Å². The molecule has 4 aromatic rings. The van der Waals surface area contributed by atoms with Crippen molar-refractivity contribution >= 4 is 36.3 Å². The number of amides is 1. The lowest BCUT2D eigenvalue weighted by molar-refractivity contribution is 0.0945. The summed E-state index contributed by atoms with van der Waals surface area (Å²) in [6, 6.07) is 13.1. The Morgan fingerprint density at radius 1 is 1.19 bits per heavy atom. The van der Waals surface area contributed by atoms with Gasteiger partial charge in [0.2, 0.25) is 11.8 Å². The third kappa shape index (κ3) is 5.33. The van der Waals surface area contributed by atoms with Gasteiger partial charge in [0, 0.05) is 48.7 Å². The zero-order chi connectivity index (χ0) is 25.9. The molecule has 5 rings (SSSR count). The van der Waals surface area contributed by atoms with E-state index < -0.39 is 0 Å². The fraction of sp³-hybridized carbons (Fsp3) is 0.321. The van der Waals surface area contributed by atoms with Gasteiger partial charge in [-0.15, -0.1) is 0 Å². The van der Waals surface area contributed by atoms with Crippen LogP contribution in [0.4, 0.5) is 5.95 Å². The fourth-order valence-corrected chi connectivity index (χ4v) is 4.66. The van der Waals surface area contributed by atoms with E-state index in [-0.39, 0.29) is 11.8 Å². The summed E-state index contributed by atoms with van der Waals surface area (Å²) in [6.07, 6.45) is 5.66. The summed E-state index contributed by atoms with van der Waals surface area (Å²) in [4.78, 5) is 28.4. The summed E-state index contributed by atoms with van der Waals surface area (Å²) in [6.45, 7) is 6.54. The smallest absolute Gasteiger partial charge is 0.251 e. The van der Waals surface area contributed by atoms with Gasteiger partial charge in [0.25, 0.3) is 5.91 Å². The van der Waals surface area contributed by atoms with E-state index in [1.807, 2.05) is 38.4 Å². The molecule has 1 saturated heterocycles. The molecule has 0 unspecified atom stereocenters. The van der Waals surface area contributed by atoms with Gasteiger partial charge in [-0.05, 0) is 61.1 Å². The van der Waals surface area contributed by atoms with Crippen molar-refractivity contribution in [2.24, 2.45) is 5.92 Å². The van der Waals surface area contributed by atoms with Crippen LogP contribution >= 0.6 is 0 Å². The number of hydrogen-bond acceptors (Lipinski definition) is 7. The molecule has 2 aromatic carbocycles. The second kappa shape index (κ2) is 10.4. The minimum absolute atomic E-state index is 0.0887. The molecule has 2 aromatic heterocycles. The number of rotatable bonds is 6. The highest BCUT2D eigenvalue weighted by atomic mass is 16.3. The molecule has 0 saturated carbocycles. The highest BCUT2D eigenvalue weighted by Crippen LogP contribution is 2.31. The molecule has 1 fully saturated rings. The average molecular weight is 492 g/mol. The lowest BCUT2D eigenvalue weighted by Gasteiger charge is -2.32. The molecule has 0 spiro atoms. The number of oxazole rings is 1. The number of aromatic nitrogens is 3. The number of fused-ring (bicyclic) bond motifs is 1. The number of carbonyl (C=O) groups excluding carboxylic acids is 1. The van der Waals surface area contributed by atoms with Gasteiger partial charge >= 0.3 is 0 Å². The van der Waals surface area contributed by atoms with Gasteiger partial charge in [-0.25, -0.2) is 15.0 Å². The van der Waals surface area contributed by atoms with Crippen molar-refractivity contribution in [1.29, 1.82) is 5.26 Å². The highest BCUT2D eigenvalue weighted by Gasteiger charge is 2.22. The van der Waals surface area contributed by atoms with Gasteiger partial charge < -0.3 is 14.6 Å². The van der Waals surface area contributed by atoms with Crippen LogP contribution in [0.1, 0.15) is 54.1 Å². The SMILES string of the molecule is Bc1cnc(N2CCC(CNC(=O)c3ccc(-c4nc5cc(C#N)cc(C(C)C)c5o4)cc3)CC2)nc1. The summed E-state index contributed by atoms with van der Waals surface area (Å²) in [7, 11) is 1.98. The first-order valence-electron chi connectivity index (χ1n) is 12.7. The van der Waals surface area contributed by atoms with Crippen LogP contribution in [0, 0.1) is 17.2 Å². The van der Waals surface area contributed by atoms with Gasteiger partial charge in [0.15, 0.2) is 5.58 Å². The van der Waals surface area contributed by atoms with Gasteiger partial charge in [-0.3, -0.25) is 4.79 Å². The predicted molar refractivity (Wildman–Crippen MR) is 146 cm³/mol. The molecular formula is C28H29BN6O2. The lowest BCUT2D eigenvalue weighted by Crippen LogP contribution is -2.39. The molecule has 1 amide bonds. The Bertz CT molecular complexity index is 1450. The minimum Gasteiger partial charge on any atom is -0.436 e. The quantitative estimate of drug-likeness (QED) is 0.412. The maximum atomic E-state index is 12.8. The number of benzene rings is 2. The molecule has 1 aliphatic rings. The summed E-state index contributed by atoms with van der Waals surface area (Å²) >= 11 is 0. The molecule has 37 heavy (non-hydrogen) atoms. The van der Waals surface area contributed by atoms with Crippen LogP contribution in [0.5, 0.6) is 0 Å². The van der Waals surface area contributed by atoms with Gasteiger partial charge in [0.1, 0.15) is 13.4 Å². The largest absolute Gasteiger partial charge is 0.436 e. The van der Waals surface area contributed by atoms with E-state index in [0.717, 1.165) is 48.5 Å². The number of nitrogens with one attached hydrogen (secondary N) is 1. The summed E-state index contributed by atoms with van der Waals surface area (Å²) in [5, 5.41) is 12.4. The van der Waals surface area contributed by atoms with Crippen LogP contribution in [0.2, 0.25) is 0 Å². The lowest BCUT2D eigenvalue weighted by atomic mass is 9.96. The number of carbonyl (C=O) groups is 1. The van der Waals surface area contributed by atoms with Crippen molar-refractivity contribution in [3.8, 4) is 17.5 Å². The van der Waals surface area contributed by atoms with E-state index in [9.17, 15) is 10.1 Å². The summed E-state index contributed by atoms with van der Waals surface area (Å²) in [5.74, 6) is 1.79. The van der Waals surface area contributed by atoms with E-state index in [2.05, 4.69) is 45.1 Å². The van der Waals surface area contributed by atoms with Crippen molar-refractivity contribution in [1.82, 2.24) is 20.3 Å². The zero-order valence-corrected chi connectivity index (χ0v) is 21.4. The molecular weight excluding hydrogens is 463 g/mol. The molecule has 0 atom stereocenters. The summed E-state index contributed by atoms with van der Waals surface area (Å²) < 4.78 is 6.09. The van der Waals surface area contributed by atoms with E-state index in [1.54, 1.807) is 18.2 Å². The average Bonchev–Trinajstić information content (AvgIpc) is 3.36. The van der Waals surface area contributed by atoms with Crippen molar-refractivity contribution < 1.29 is 9.21 Å². The Balaban J connectivity index is 1.19. The maximum Gasteiger partial charge on any atom is 0.251 e. The zero-order valence-electron chi connectivity index (χ0n) is 21.4. The second-order valence-electron chi connectivity index (χ2n) is 9.98. The number of piperidine rings is 1. The monoisotopic (exact) mass is 492 g/mol. The van der Waals surface area contributed by atoms with Gasteiger partial charge in [0.05, 0.1) is 11.6 Å². The third-order valence-corrected chi connectivity index (χ3v) is 6.88. The van der Waals surface area contributed by atoms with E-state index >= 15 is 0 Å². The van der Waals surface area contributed by atoms with Gasteiger partial charge in [-0.1, -0.05) is 19.3 Å².